The summed E-state index contributed by atoms with van der Waals surface area (Å²) in [6, 6.07) is 7.82. The van der Waals surface area contributed by atoms with Gasteiger partial charge < -0.3 is 0 Å². The number of rotatable bonds is 0. The maximum absolute atomic E-state index is 11.9. The first-order valence-electron chi connectivity index (χ1n) is 3.63. The Bertz CT molecular complexity index is 494. The minimum Gasteiger partial charge on any atom is -0.206 e. The fourth-order valence-corrected chi connectivity index (χ4v) is 2.13. The number of halogens is 3. The van der Waals surface area contributed by atoms with Crippen LogP contribution in [0.15, 0.2) is 35.2 Å². The molecule has 7 heteroatoms. The van der Waals surface area contributed by atoms with E-state index in [-0.39, 0.29) is 0 Å². The fraction of sp³-hybridized carbons (Fsp3) is 0.125. The van der Waals surface area contributed by atoms with Gasteiger partial charge in [-0.2, -0.15) is 13.2 Å². The molecular formula is C8H5F3O2S2. The molecule has 0 bridgehead atoms. The Kier molecular flexibility index (Phi) is 3.38. The van der Waals surface area contributed by atoms with E-state index in [2.05, 4.69) is 0 Å². The molecular weight excluding hydrogens is 249 g/mol. The Morgan fingerprint density at radius 3 is 2.13 bits per heavy atom. The number of hydrogen-bond donors (Lipinski definition) is 0. The molecule has 0 aliphatic carbocycles. The molecule has 2 nitrogen and oxygen atoms in total. The molecule has 0 saturated heterocycles. The Morgan fingerprint density at radius 1 is 1.13 bits per heavy atom. The molecule has 82 valence electrons. The van der Waals surface area contributed by atoms with E-state index in [9.17, 15) is 21.6 Å². The van der Waals surface area contributed by atoms with Crippen molar-refractivity contribution in [2.45, 2.75) is 10.4 Å². The Labute approximate surface area is 88.2 Å². The van der Waals surface area contributed by atoms with Gasteiger partial charge in [0.25, 0.3) is 0 Å². The fourth-order valence-electron chi connectivity index (χ4n) is 0.639. The lowest BCUT2D eigenvalue weighted by molar-refractivity contribution is -0.0420. The van der Waals surface area contributed by atoms with Gasteiger partial charge in [0, 0.05) is 4.90 Å². The monoisotopic (exact) mass is 254 g/mol. The van der Waals surface area contributed by atoms with Crippen LogP contribution in [-0.2, 0) is 9.84 Å². The Hall–Kier alpha value is -1.04. The van der Waals surface area contributed by atoms with Crippen molar-refractivity contribution in [3.63, 3.8) is 0 Å². The largest absolute Gasteiger partial charge is 0.509 e. The van der Waals surface area contributed by atoms with Crippen LogP contribution in [-0.4, -0.2) is 13.9 Å². The van der Waals surface area contributed by atoms with E-state index in [0.29, 0.717) is 16.1 Å². The molecule has 0 amide bonds. The van der Waals surface area contributed by atoms with Gasteiger partial charge in [0.1, 0.15) is 0 Å². The van der Waals surface area contributed by atoms with E-state index in [4.69, 9.17) is 0 Å². The number of benzene rings is 1. The summed E-state index contributed by atoms with van der Waals surface area (Å²) in [7, 11) is -5.28. The third-order valence-corrected chi connectivity index (χ3v) is 3.65. The molecule has 1 aromatic rings. The molecule has 1 rings (SSSR count). The normalized spacial score (nSPS) is 11.9. The van der Waals surface area contributed by atoms with Crippen LogP contribution in [0.2, 0.25) is 0 Å². The highest BCUT2D eigenvalue weighted by molar-refractivity contribution is 8.05. The van der Waals surface area contributed by atoms with Crippen LogP contribution in [0.4, 0.5) is 13.2 Å². The first kappa shape index (κ1) is 12.0. The topological polar surface area (TPSA) is 34.1 Å². The summed E-state index contributed by atoms with van der Waals surface area (Å²) in [5, 5.41) is 0. The van der Waals surface area contributed by atoms with E-state index < -0.39 is 15.3 Å². The second kappa shape index (κ2) is 4.22. The summed E-state index contributed by atoms with van der Waals surface area (Å²) in [6.07, 6.45) is 0. The third kappa shape index (κ3) is 3.23. The summed E-state index contributed by atoms with van der Waals surface area (Å²) in [5.41, 5.74) is -5.28. The molecule has 0 aliphatic rings. The van der Waals surface area contributed by atoms with Gasteiger partial charge in [-0.25, -0.2) is 8.42 Å². The van der Waals surface area contributed by atoms with Gasteiger partial charge >= 0.3 is 15.3 Å². The van der Waals surface area contributed by atoms with Crippen LogP contribution in [0, 0.1) is 4.52 Å². The van der Waals surface area contributed by atoms with Crippen molar-refractivity contribution in [2.24, 2.45) is 0 Å². The van der Waals surface area contributed by atoms with Crippen molar-refractivity contribution in [1.29, 1.82) is 0 Å². The lowest BCUT2D eigenvalue weighted by atomic mass is 10.4. The quantitative estimate of drug-likeness (QED) is 0.713. The number of hydrogen-bond acceptors (Lipinski definition) is 2. The van der Waals surface area contributed by atoms with Crippen LogP contribution in [0.1, 0.15) is 0 Å². The third-order valence-electron chi connectivity index (χ3n) is 1.32. The summed E-state index contributed by atoms with van der Waals surface area (Å²) in [6.45, 7) is 0. The molecule has 0 fully saturated rings. The van der Waals surface area contributed by atoms with Gasteiger partial charge in [-0.1, -0.05) is 29.4 Å². The highest BCUT2D eigenvalue weighted by Crippen LogP contribution is 2.24. The maximum Gasteiger partial charge on any atom is 0.509 e. The summed E-state index contributed by atoms with van der Waals surface area (Å²) in [5.74, 6) is 0. The van der Waals surface area contributed by atoms with Crippen LogP contribution >= 0.6 is 11.2 Å². The predicted molar refractivity (Wildman–Crippen MR) is 51.2 cm³/mol. The minimum absolute atomic E-state index is 0.380. The van der Waals surface area contributed by atoms with Crippen molar-refractivity contribution >= 4 is 21.0 Å². The van der Waals surface area contributed by atoms with Gasteiger partial charge in [-0.05, 0) is 12.1 Å². The molecule has 0 radical (unpaired) electrons. The molecule has 1 aromatic carbocycles. The molecule has 15 heavy (non-hydrogen) atoms. The molecule has 0 heterocycles. The minimum atomic E-state index is -5.28. The molecule has 0 atom stereocenters. The smallest absolute Gasteiger partial charge is 0.206 e. The number of sulfone groups is 1. The Morgan fingerprint density at radius 2 is 1.67 bits per heavy atom. The first-order chi connectivity index (χ1) is 6.83. The second-order valence-corrected chi connectivity index (χ2v) is 5.26. The van der Waals surface area contributed by atoms with Crippen molar-refractivity contribution in [3.05, 3.63) is 30.3 Å². The van der Waals surface area contributed by atoms with Gasteiger partial charge in [0.15, 0.2) is 0 Å². The average Bonchev–Trinajstić information content (AvgIpc) is 2.15. The average molecular weight is 254 g/mol. The van der Waals surface area contributed by atoms with Crippen molar-refractivity contribution < 1.29 is 21.6 Å². The van der Waals surface area contributed by atoms with E-state index in [1.165, 1.54) is 16.6 Å². The zero-order valence-corrected chi connectivity index (χ0v) is 8.79. The van der Waals surface area contributed by atoms with E-state index >= 15 is 0 Å². The molecule has 0 N–H and O–H groups in total. The standard InChI is InChI=1S/C8H5F3O2S2/c9-8(10,11)15(12,13)6-14-7-4-2-1-3-5-7/h1-5H. The van der Waals surface area contributed by atoms with Crippen LogP contribution in [0.3, 0.4) is 0 Å². The molecule has 0 spiro atoms. The maximum atomic E-state index is 11.9. The van der Waals surface area contributed by atoms with E-state index in [1.807, 2.05) is 0 Å². The molecule has 0 aromatic heterocycles. The molecule has 0 aliphatic heterocycles. The zero-order chi connectivity index (χ0) is 11.5. The van der Waals surface area contributed by atoms with Crippen molar-refractivity contribution in [2.75, 3.05) is 0 Å². The van der Waals surface area contributed by atoms with E-state index in [1.54, 1.807) is 18.2 Å². The lowest BCUT2D eigenvalue weighted by Gasteiger charge is -1.99. The zero-order valence-electron chi connectivity index (χ0n) is 7.15. The Balaban J connectivity index is 3.04. The molecule has 0 saturated carbocycles. The molecule has 0 unspecified atom stereocenters. The van der Waals surface area contributed by atoms with Crippen LogP contribution in [0.25, 0.3) is 0 Å². The van der Waals surface area contributed by atoms with Crippen molar-refractivity contribution in [1.82, 2.24) is 0 Å². The lowest BCUT2D eigenvalue weighted by Crippen LogP contribution is -2.20. The van der Waals surface area contributed by atoms with Gasteiger partial charge in [0.05, 0.1) is 4.52 Å². The van der Waals surface area contributed by atoms with Gasteiger partial charge in [-0.15, -0.1) is 0 Å². The highest BCUT2D eigenvalue weighted by Gasteiger charge is 2.44. The van der Waals surface area contributed by atoms with Gasteiger partial charge in [0.2, 0.25) is 0 Å². The summed E-state index contributed by atoms with van der Waals surface area (Å²) < 4.78 is 58.1. The second-order valence-electron chi connectivity index (χ2n) is 2.45. The summed E-state index contributed by atoms with van der Waals surface area (Å²) >= 11 is 0.396. The number of alkyl halides is 3. The van der Waals surface area contributed by atoms with Crippen LogP contribution in [0.5, 0.6) is 0 Å². The first-order valence-corrected chi connectivity index (χ1v) is 5.93. The van der Waals surface area contributed by atoms with Gasteiger partial charge in [-0.3, -0.25) is 0 Å². The van der Waals surface area contributed by atoms with E-state index in [0.717, 1.165) is 0 Å². The summed E-state index contributed by atoms with van der Waals surface area (Å²) in [4.78, 5) is 0.380. The SMILES string of the molecule is O=S(=O)(C#Sc1ccccc1)C(F)(F)F. The predicted octanol–water partition coefficient (Wildman–Crippen LogP) is 2.63. The highest BCUT2D eigenvalue weighted by atomic mass is 32.2. The van der Waals surface area contributed by atoms with Crippen molar-refractivity contribution in [3.8, 4) is 4.52 Å². The van der Waals surface area contributed by atoms with Crippen LogP contribution < -0.4 is 0 Å².